The van der Waals surface area contributed by atoms with Crippen LogP contribution in [-0.2, 0) is 11.3 Å². The normalized spacial score (nSPS) is 22.6. The second-order valence-electron chi connectivity index (χ2n) is 7.85. The van der Waals surface area contributed by atoms with Gasteiger partial charge in [0.05, 0.1) is 5.92 Å². The van der Waals surface area contributed by atoms with E-state index >= 15 is 0 Å². The SMILES string of the molecule is C[C@@H](CN1CCC2(CCC(=O)N(Cc3ccncc3)C2)CC1)C(F)(F)F. The van der Waals surface area contributed by atoms with Crippen LogP contribution in [0.2, 0.25) is 0 Å². The summed E-state index contributed by atoms with van der Waals surface area (Å²) in [6.45, 7) is 3.96. The molecule has 2 aliphatic heterocycles. The molecule has 2 saturated heterocycles. The summed E-state index contributed by atoms with van der Waals surface area (Å²) in [4.78, 5) is 20.2. The topological polar surface area (TPSA) is 36.4 Å². The summed E-state index contributed by atoms with van der Waals surface area (Å²) in [7, 11) is 0. The monoisotopic (exact) mass is 369 g/mol. The quantitative estimate of drug-likeness (QED) is 0.815. The summed E-state index contributed by atoms with van der Waals surface area (Å²) in [6, 6.07) is 3.82. The number of aromatic nitrogens is 1. The second kappa shape index (κ2) is 7.55. The van der Waals surface area contributed by atoms with E-state index in [1.165, 1.54) is 6.92 Å². The van der Waals surface area contributed by atoms with Gasteiger partial charge in [0, 0.05) is 38.4 Å². The van der Waals surface area contributed by atoms with E-state index < -0.39 is 12.1 Å². The molecule has 1 aromatic rings. The number of pyridine rings is 1. The van der Waals surface area contributed by atoms with Crippen molar-refractivity contribution in [2.45, 2.75) is 45.3 Å². The average Bonchev–Trinajstić information content (AvgIpc) is 2.60. The van der Waals surface area contributed by atoms with E-state index in [9.17, 15) is 18.0 Å². The number of halogens is 3. The number of hydrogen-bond acceptors (Lipinski definition) is 3. The van der Waals surface area contributed by atoms with Crippen LogP contribution in [0.5, 0.6) is 0 Å². The molecule has 1 aromatic heterocycles. The fourth-order valence-corrected chi connectivity index (χ4v) is 4.06. The number of carbonyl (C=O) groups excluding carboxylic acids is 1. The maximum absolute atomic E-state index is 12.8. The number of alkyl halides is 3. The van der Waals surface area contributed by atoms with Crippen LogP contribution in [0.25, 0.3) is 0 Å². The van der Waals surface area contributed by atoms with Crippen molar-refractivity contribution < 1.29 is 18.0 Å². The standard InChI is InChI=1S/C19H26F3N3O/c1-15(19(20,21)22)12-24-10-6-18(7-11-24)5-2-17(26)25(14-18)13-16-3-8-23-9-4-16/h3-4,8-9,15H,2,5-7,10-14H2,1H3/t15-/m0/s1. The van der Waals surface area contributed by atoms with Gasteiger partial charge in [-0.2, -0.15) is 13.2 Å². The zero-order valence-corrected chi connectivity index (χ0v) is 15.1. The van der Waals surface area contributed by atoms with Crippen molar-refractivity contribution >= 4 is 5.91 Å². The molecule has 1 spiro atoms. The van der Waals surface area contributed by atoms with Crippen LogP contribution in [0.15, 0.2) is 24.5 Å². The van der Waals surface area contributed by atoms with E-state index in [-0.39, 0.29) is 17.9 Å². The highest BCUT2D eigenvalue weighted by Gasteiger charge is 2.42. The molecule has 26 heavy (non-hydrogen) atoms. The Balaban J connectivity index is 1.57. The summed E-state index contributed by atoms with van der Waals surface area (Å²) in [5, 5.41) is 0. The minimum absolute atomic E-state index is 0.0545. The van der Waals surface area contributed by atoms with Crippen molar-refractivity contribution in [3.05, 3.63) is 30.1 Å². The highest BCUT2D eigenvalue weighted by atomic mass is 19.4. The molecular weight excluding hydrogens is 343 g/mol. The van der Waals surface area contributed by atoms with E-state index in [1.54, 1.807) is 12.4 Å². The van der Waals surface area contributed by atoms with Crippen molar-refractivity contribution in [1.82, 2.24) is 14.8 Å². The first kappa shape index (κ1) is 19.1. The lowest BCUT2D eigenvalue weighted by Crippen LogP contribution is -2.52. The summed E-state index contributed by atoms with van der Waals surface area (Å²) in [5.41, 5.74) is 1.11. The summed E-state index contributed by atoms with van der Waals surface area (Å²) >= 11 is 0. The van der Waals surface area contributed by atoms with Crippen molar-refractivity contribution in [2.75, 3.05) is 26.2 Å². The van der Waals surface area contributed by atoms with Gasteiger partial charge < -0.3 is 9.80 Å². The molecule has 3 rings (SSSR count). The third-order valence-electron chi connectivity index (χ3n) is 5.88. The van der Waals surface area contributed by atoms with Crippen molar-refractivity contribution in [1.29, 1.82) is 0 Å². The minimum Gasteiger partial charge on any atom is -0.338 e. The summed E-state index contributed by atoms with van der Waals surface area (Å²) < 4.78 is 38.3. The zero-order valence-electron chi connectivity index (χ0n) is 15.1. The molecule has 144 valence electrons. The average molecular weight is 369 g/mol. The van der Waals surface area contributed by atoms with Crippen LogP contribution in [0.4, 0.5) is 13.2 Å². The van der Waals surface area contributed by atoms with E-state index in [2.05, 4.69) is 4.98 Å². The number of likely N-dealkylation sites (tertiary alicyclic amines) is 2. The fraction of sp³-hybridized carbons (Fsp3) is 0.684. The van der Waals surface area contributed by atoms with E-state index in [1.807, 2.05) is 21.9 Å². The first-order valence-electron chi connectivity index (χ1n) is 9.23. The Bertz CT molecular complexity index is 612. The lowest BCUT2D eigenvalue weighted by molar-refractivity contribution is -0.175. The van der Waals surface area contributed by atoms with Crippen molar-refractivity contribution in [2.24, 2.45) is 11.3 Å². The smallest absolute Gasteiger partial charge is 0.338 e. The number of amides is 1. The maximum atomic E-state index is 12.8. The van der Waals surface area contributed by atoms with Crippen molar-refractivity contribution in [3.63, 3.8) is 0 Å². The Labute approximate surface area is 152 Å². The van der Waals surface area contributed by atoms with Gasteiger partial charge in [-0.3, -0.25) is 9.78 Å². The molecule has 3 heterocycles. The summed E-state index contributed by atoms with van der Waals surface area (Å²) in [6.07, 6.45) is 2.41. The highest BCUT2D eigenvalue weighted by molar-refractivity contribution is 5.77. The highest BCUT2D eigenvalue weighted by Crippen LogP contribution is 2.41. The Hall–Kier alpha value is -1.63. The Morgan fingerprint density at radius 3 is 2.46 bits per heavy atom. The number of piperidine rings is 2. The number of rotatable bonds is 4. The molecule has 0 aromatic carbocycles. The van der Waals surface area contributed by atoms with Crippen LogP contribution in [0.1, 0.15) is 38.2 Å². The zero-order chi connectivity index (χ0) is 18.8. The van der Waals surface area contributed by atoms with Gasteiger partial charge in [-0.25, -0.2) is 0 Å². The Kier molecular flexibility index (Phi) is 5.55. The third kappa shape index (κ3) is 4.55. The first-order valence-corrected chi connectivity index (χ1v) is 9.23. The molecule has 0 aliphatic carbocycles. The molecule has 1 atom stereocenters. The predicted molar refractivity (Wildman–Crippen MR) is 92.2 cm³/mol. The van der Waals surface area contributed by atoms with Crippen LogP contribution >= 0.6 is 0 Å². The molecule has 0 saturated carbocycles. The van der Waals surface area contributed by atoms with Crippen LogP contribution in [0, 0.1) is 11.3 Å². The molecule has 2 fully saturated rings. The van der Waals surface area contributed by atoms with Gasteiger partial charge in [0.2, 0.25) is 5.91 Å². The number of hydrogen-bond donors (Lipinski definition) is 0. The third-order valence-corrected chi connectivity index (χ3v) is 5.88. The van der Waals surface area contributed by atoms with Gasteiger partial charge >= 0.3 is 6.18 Å². The Morgan fingerprint density at radius 2 is 1.85 bits per heavy atom. The van der Waals surface area contributed by atoms with Gasteiger partial charge in [0.15, 0.2) is 0 Å². The minimum atomic E-state index is -4.13. The van der Waals surface area contributed by atoms with Gasteiger partial charge in [-0.1, -0.05) is 6.92 Å². The molecule has 0 radical (unpaired) electrons. The largest absolute Gasteiger partial charge is 0.392 e. The summed E-state index contributed by atoms with van der Waals surface area (Å²) in [5.74, 6) is -1.13. The van der Waals surface area contributed by atoms with Gasteiger partial charge in [-0.05, 0) is 55.5 Å². The molecule has 7 heteroatoms. The molecule has 0 bridgehead atoms. The van der Waals surface area contributed by atoms with E-state index in [0.29, 0.717) is 32.6 Å². The van der Waals surface area contributed by atoms with E-state index in [0.717, 1.165) is 24.8 Å². The van der Waals surface area contributed by atoms with E-state index in [4.69, 9.17) is 0 Å². The number of carbonyl (C=O) groups is 1. The van der Waals surface area contributed by atoms with Gasteiger partial charge in [0.25, 0.3) is 0 Å². The molecule has 0 N–H and O–H groups in total. The maximum Gasteiger partial charge on any atom is 0.392 e. The van der Waals surface area contributed by atoms with Gasteiger partial charge in [0.1, 0.15) is 0 Å². The second-order valence-corrected chi connectivity index (χ2v) is 7.85. The molecular formula is C19H26F3N3O. The molecule has 4 nitrogen and oxygen atoms in total. The number of nitrogens with zero attached hydrogens (tertiary/aromatic N) is 3. The molecule has 0 unspecified atom stereocenters. The van der Waals surface area contributed by atoms with Crippen LogP contribution in [-0.4, -0.2) is 53.0 Å². The predicted octanol–water partition coefficient (Wildman–Crippen LogP) is 3.48. The molecule has 1 amide bonds. The van der Waals surface area contributed by atoms with Crippen LogP contribution in [0.3, 0.4) is 0 Å². The lowest BCUT2D eigenvalue weighted by atomic mass is 9.72. The molecule has 2 aliphatic rings. The lowest BCUT2D eigenvalue weighted by Gasteiger charge is -2.48. The van der Waals surface area contributed by atoms with Crippen molar-refractivity contribution in [3.8, 4) is 0 Å². The first-order chi connectivity index (χ1) is 12.3. The fourth-order valence-electron chi connectivity index (χ4n) is 4.06. The van der Waals surface area contributed by atoms with Gasteiger partial charge in [-0.15, -0.1) is 0 Å². The Morgan fingerprint density at radius 1 is 1.19 bits per heavy atom. The van der Waals surface area contributed by atoms with Crippen LogP contribution < -0.4 is 0 Å².